The molecule has 26 heavy (non-hydrogen) atoms. The second-order valence-electron chi connectivity index (χ2n) is 6.59. The van der Waals surface area contributed by atoms with Crippen molar-refractivity contribution in [2.24, 2.45) is 0 Å². The average Bonchev–Trinajstić information content (AvgIpc) is 2.60. The van der Waals surface area contributed by atoms with Crippen LogP contribution in [0.2, 0.25) is 0 Å². The van der Waals surface area contributed by atoms with E-state index in [0.29, 0.717) is 19.4 Å². The van der Waals surface area contributed by atoms with Crippen molar-refractivity contribution in [3.05, 3.63) is 35.4 Å². The van der Waals surface area contributed by atoms with Gasteiger partial charge in [-0.15, -0.1) is 0 Å². The van der Waals surface area contributed by atoms with Crippen molar-refractivity contribution in [3.63, 3.8) is 0 Å². The van der Waals surface area contributed by atoms with E-state index in [2.05, 4.69) is 0 Å². The number of benzene rings is 1. The summed E-state index contributed by atoms with van der Waals surface area (Å²) < 4.78 is 70.6. The molecule has 0 saturated carbocycles. The molecule has 2 heterocycles. The molecular weight excluding hydrogens is 357 g/mol. The Bertz CT molecular complexity index is 725. The molecule has 0 aliphatic carbocycles. The highest BCUT2D eigenvalue weighted by molar-refractivity contribution is 5.89. The Labute approximate surface area is 147 Å². The van der Waals surface area contributed by atoms with Crippen molar-refractivity contribution in [2.45, 2.75) is 37.5 Å². The predicted molar refractivity (Wildman–Crippen MR) is 85.1 cm³/mol. The van der Waals surface area contributed by atoms with Crippen LogP contribution in [0, 0.1) is 0 Å². The molecular formula is C18H18F5NO2. The third-order valence-corrected chi connectivity index (χ3v) is 4.50. The van der Waals surface area contributed by atoms with E-state index in [1.165, 1.54) is 29.2 Å². The number of nitrogens with zero attached hydrogens (tertiary/aromatic N) is 1. The molecule has 0 N–H and O–H groups in total. The zero-order chi connectivity index (χ0) is 18.9. The van der Waals surface area contributed by atoms with Gasteiger partial charge in [-0.2, -0.15) is 13.2 Å². The molecule has 1 aromatic rings. The molecule has 1 fully saturated rings. The lowest BCUT2D eigenvalue weighted by Gasteiger charge is -2.38. The fourth-order valence-electron chi connectivity index (χ4n) is 3.23. The number of hydrogen-bond acceptors (Lipinski definition) is 2. The van der Waals surface area contributed by atoms with E-state index in [-0.39, 0.29) is 34.9 Å². The lowest BCUT2D eigenvalue weighted by molar-refractivity contribution is -0.130. The molecule has 1 aromatic carbocycles. The maximum absolute atomic E-state index is 13.5. The SMILES string of the molecule is O=C1CCCCN1C1=CC(CF)(CF)Oc2ccc(CC(F)(F)F)cc21. The van der Waals surface area contributed by atoms with Gasteiger partial charge < -0.3 is 9.64 Å². The van der Waals surface area contributed by atoms with Crippen LogP contribution in [0.25, 0.3) is 5.70 Å². The molecule has 3 rings (SSSR count). The maximum atomic E-state index is 13.5. The van der Waals surface area contributed by atoms with E-state index >= 15 is 0 Å². The van der Waals surface area contributed by atoms with Gasteiger partial charge in [0.15, 0.2) is 5.60 Å². The van der Waals surface area contributed by atoms with E-state index < -0.39 is 31.5 Å². The van der Waals surface area contributed by atoms with Gasteiger partial charge in [0.2, 0.25) is 5.91 Å². The molecule has 142 valence electrons. The Kier molecular flexibility index (Phi) is 4.94. The summed E-state index contributed by atoms with van der Waals surface area (Å²) in [7, 11) is 0. The number of carbonyl (C=O) groups is 1. The minimum atomic E-state index is -4.39. The van der Waals surface area contributed by atoms with Crippen LogP contribution in [-0.4, -0.2) is 42.5 Å². The number of piperidine rings is 1. The van der Waals surface area contributed by atoms with Crippen molar-refractivity contribution in [3.8, 4) is 5.75 Å². The largest absolute Gasteiger partial charge is 0.477 e. The zero-order valence-corrected chi connectivity index (χ0v) is 13.9. The molecule has 3 nitrogen and oxygen atoms in total. The smallest absolute Gasteiger partial charge is 0.393 e. The minimum Gasteiger partial charge on any atom is -0.477 e. The first-order valence-corrected chi connectivity index (χ1v) is 8.31. The number of hydrogen-bond donors (Lipinski definition) is 0. The maximum Gasteiger partial charge on any atom is 0.393 e. The Morgan fingerprint density at radius 3 is 2.50 bits per heavy atom. The van der Waals surface area contributed by atoms with Gasteiger partial charge in [-0.1, -0.05) is 6.07 Å². The van der Waals surface area contributed by atoms with Crippen molar-refractivity contribution in [1.82, 2.24) is 4.90 Å². The molecule has 1 saturated heterocycles. The Balaban J connectivity index is 2.07. The predicted octanol–water partition coefficient (Wildman–Crippen LogP) is 4.22. The van der Waals surface area contributed by atoms with Crippen LogP contribution >= 0.6 is 0 Å². The first kappa shape index (κ1) is 18.7. The lowest BCUT2D eigenvalue weighted by atomic mass is 9.94. The van der Waals surface area contributed by atoms with Crippen LogP contribution in [-0.2, 0) is 11.2 Å². The normalized spacial score (nSPS) is 19.7. The Morgan fingerprint density at radius 1 is 1.15 bits per heavy atom. The fourth-order valence-corrected chi connectivity index (χ4v) is 3.23. The first-order chi connectivity index (χ1) is 12.3. The molecule has 0 aromatic heterocycles. The van der Waals surface area contributed by atoms with Gasteiger partial charge in [0.05, 0.1) is 12.1 Å². The summed E-state index contributed by atoms with van der Waals surface area (Å²) in [5, 5.41) is 0. The number of alkyl halides is 5. The van der Waals surface area contributed by atoms with Gasteiger partial charge in [-0.25, -0.2) is 8.78 Å². The summed E-state index contributed by atoms with van der Waals surface area (Å²) in [6.07, 6.45) is -2.64. The molecule has 0 bridgehead atoms. The summed E-state index contributed by atoms with van der Waals surface area (Å²) in [6, 6.07) is 3.77. The van der Waals surface area contributed by atoms with E-state index in [9.17, 15) is 26.7 Å². The fraction of sp³-hybridized carbons (Fsp3) is 0.500. The number of ether oxygens (including phenoxy) is 1. The number of amides is 1. The van der Waals surface area contributed by atoms with Crippen molar-refractivity contribution in [1.29, 1.82) is 0 Å². The van der Waals surface area contributed by atoms with Crippen LogP contribution in [0.4, 0.5) is 22.0 Å². The number of fused-ring (bicyclic) bond motifs is 1. The van der Waals surface area contributed by atoms with Gasteiger partial charge in [0.25, 0.3) is 0 Å². The number of likely N-dealkylation sites (tertiary alicyclic amines) is 1. The van der Waals surface area contributed by atoms with E-state index in [4.69, 9.17) is 4.74 Å². The monoisotopic (exact) mass is 375 g/mol. The number of carbonyl (C=O) groups excluding carboxylic acids is 1. The topological polar surface area (TPSA) is 29.5 Å². The van der Waals surface area contributed by atoms with E-state index in [0.717, 1.165) is 0 Å². The zero-order valence-electron chi connectivity index (χ0n) is 13.9. The molecule has 2 aliphatic rings. The van der Waals surface area contributed by atoms with Gasteiger partial charge in [-0.05, 0) is 36.6 Å². The third kappa shape index (κ3) is 3.68. The molecule has 0 spiro atoms. The van der Waals surface area contributed by atoms with E-state index in [1.54, 1.807) is 0 Å². The summed E-state index contributed by atoms with van der Waals surface area (Å²) in [4.78, 5) is 13.7. The highest BCUT2D eigenvalue weighted by Crippen LogP contribution is 2.40. The van der Waals surface area contributed by atoms with Crippen molar-refractivity contribution in [2.75, 3.05) is 19.9 Å². The highest BCUT2D eigenvalue weighted by atomic mass is 19.4. The van der Waals surface area contributed by atoms with Gasteiger partial charge in [-0.3, -0.25) is 4.79 Å². The summed E-state index contributed by atoms with van der Waals surface area (Å²) >= 11 is 0. The van der Waals surface area contributed by atoms with Crippen molar-refractivity contribution < 1.29 is 31.5 Å². The van der Waals surface area contributed by atoms with Gasteiger partial charge >= 0.3 is 6.18 Å². The second kappa shape index (κ2) is 6.89. The minimum absolute atomic E-state index is 0.0109. The van der Waals surface area contributed by atoms with Crippen LogP contribution in [0.15, 0.2) is 24.3 Å². The van der Waals surface area contributed by atoms with Crippen LogP contribution in [0.3, 0.4) is 0 Å². The highest BCUT2D eigenvalue weighted by Gasteiger charge is 2.39. The summed E-state index contributed by atoms with van der Waals surface area (Å²) in [5.41, 5.74) is -1.41. The molecule has 8 heteroatoms. The number of halogens is 5. The molecule has 0 radical (unpaired) electrons. The Morgan fingerprint density at radius 2 is 1.88 bits per heavy atom. The molecule has 1 amide bonds. The molecule has 0 atom stereocenters. The average molecular weight is 375 g/mol. The van der Waals surface area contributed by atoms with Gasteiger partial charge in [0, 0.05) is 18.5 Å². The van der Waals surface area contributed by atoms with Crippen LogP contribution in [0.1, 0.15) is 30.4 Å². The standard InChI is InChI=1S/C18H18F5NO2/c19-10-17(11-20)9-14(24-6-2-1-3-16(24)25)13-7-12(8-18(21,22)23)4-5-15(13)26-17/h4-5,7,9H,1-3,6,8,10-11H2. The summed E-state index contributed by atoms with van der Waals surface area (Å²) in [5.74, 6) is -0.148. The molecule has 2 aliphatic heterocycles. The number of rotatable bonds is 4. The van der Waals surface area contributed by atoms with Crippen molar-refractivity contribution >= 4 is 11.6 Å². The summed E-state index contributed by atoms with van der Waals surface area (Å²) in [6.45, 7) is -1.96. The first-order valence-electron chi connectivity index (χ1n) is 8.31. The lowest BCUT2D eigenvalue weighted by Crippen LogP contribution is -2.44. The van der Waals surface area contributed by atoms with Crippen LogP contribution in [0.5, 0.6) is 5.75 Å². The second-order valence-corrected chi connectivity index (χ2v) is 6.59. The van der Waals surface area contributed by atoms with Gasteiger partial charge in [0.1, 0.15) is 19.1 Å². The third-order valence-electron chi connectivity index (χ3n) is 4.50. The van der Waals surface area contributed by atoms with Crippen LogP contribution < -0.4 is 4.74 Å². The quantitative estimate of drug-likeness (QED) is 0.738. The van der Waals surface area contributed by atoms with E-state index in [1.807, 2.05) is 0 Å². The molecule has 0 unspecified atom stereocenters. The Hall–Kier alpha value is -2.12.